The molecular formula is C14H26N2O. The number of nitrogens with one attached hydrogen (secondary N) is 2. The Hall–Kier alpha value is -0.570. The van der Waals surface area contributed by atoms with Crippen molar-refractivity contribution in [1.82, 2.24) is 10.6 Å². The molecule has 0 aromatic carbocycles. The Kier molecular flexibility index (Phi) is 3.76. The molecule has 2 aliphatic carbocycles. The van der Waals surface area contributed by atoms with E-state index in [0.717, 1.165) is 18.4 Å². The molecule has 3 atom stereocenters. The van der Waals surface area contributed by atoms with Gasteiger partial charge in [-0.3, -0.25) is 4.79 Å². The first kappa shape index (κ1) is 12.9. The van der Waals surface area contributed by atoms with Crippen LogP contribution in [0.4, 0.5) is 0 Å². The third kappa shape index (κ3) is 3.70. The predicted octanol–water partition coefficient (Wildman–Crippen LogP) is 2.07. The molecule has 3 unspecified atom stereocenters. The topological polar surface area (TPSA) is 41.1 Å². The molecule has 2 fully saturated rings. The van der Waals surface area contributed by atoms with Crippen LogP contribution in [0.2, 0.25) is 0 Å². The van der Waals surface area contributed by atoms with E-state index in [1.165, 1.54) is 25.7 Å². The van der Waals surface area contributed by atoms with E-state index in [1.807, 2.05) is 0 Å². The van der Waals surface area contributed by atoms with Gasteiger partial charge in [0.25, 0.3) is 0 Å². The fourth-order valence-corrected chi connectivity index (χ4v) is 3.25. The second-order valence-corrected chi connectivity index (χ2v) is 6.78. The highest BCUT2D eigenvalue weighted by atomic mass is 16.1. The molecule has 98 valence electrons. The zero-order valence-electron chi connectivity index (χ0n) is 11.4. The molecule has 2 aliphatic rings. The minimum absolute atomic E-state index is 0.104. The van der Waals surface area contributed by atoms with Gasteiger partial charge in [-0.2, -0.15) is 0 Å². The van der Waals surface area contributed by atoms with Gasteiger partial charge in [0.05, 0.1) is 0 Å². The van der Waals surface area contributed by atoms with E-state index in [4.69, 9.17) is 0 Å². The van der Waals surface area contributed by atoms with E-state index < -0.39 is 0 Å². The maximum atomic E-state index is 11.8. The highest BCUT2D eigenvalue weighted by molar-refractivity contribution is 5.76. The summed E-state index contributed by atoms with van der Waals surface area (Å²) >= 11 is 0. The molecule has 3 heteroatoms. The highest BCUT2D eigenvalue weighted by Crippen LogP contribution is 2.44. The molecule has 2 saturated carbocycles. The van der Waals surface area contributed by atoms with E-state index >= 15 is 0 Å². The average molecular weight is 238 g/mol. The maximum Gasteiger partial charge on any atom is 0.221 e. The molecular weight excluding hydrogens is 212 g/mol. The molecule has 0 saturated heterocycles. The Morgan fingerprint density at radius 3 is 2.53 bits per heavy atom. The zero-order chi connectivity index (χ0) is 12.5. The summed E-state index contributed by atoms with van der Waals surface area (Å²) in [5, 5.41) is 6.57. The highest BCUT2D eigenvalue weighted by Gasteiger charge is 2.39. The lowest BCUT2D eigenvalue weighted by Crippen LogP contribution is -2.42. The number of rotatable bonds is 4. The lowest BCUT2D eigenvalue weighted by atomic mass is 9.95. The maximum absolute atomic E-state index is 11.8. The molecule has 17 heavy (non-hydrogen) atoms. The molecule has 0 aromatic rings. The third-order valence-electron chi connectivity index (χ3n) is 4.09. The van der Waals surface area contributed by atoms with Crippen LogP contribution in [-0.4, -0.2) is 24.0 Å². The summed E-state index contributed by atoms with van der Waals surface area (Å²) in [5.74, 6) is 1.90. The number of hydrogen-bond acceptors (Lipinski definition) is 2. The van der Waals surface area contributed by atoms with Crippen molar-refractivity contribution < 1.29 is 4.79 Å². The van der Waals surface area contributed by atoms with E-state index in [9.17, 15) is 4.79 Å². The zero-order valence-corrected chi connectivity index (χ0v) is 11.4. The van der Waals surface area contributed by atoms with Crippen molar-refractivity contribution >= 4 is 5.91 Å². The van der Waals surface area contributed by atoms with Gasteiger partial charge in [0, 0.05) is 24.5 Å². The summed E-state index contributed by atoms with van der Waals surface area (Å²) in [6, 6.07) is 0.482. The van der Waals surface area contributed by atoms with Crippen LogP contribution in [0.3, 0.4) is 0 Å². The number of carbonyl (C=O) groups excluding carboxylic acids is 1. The SMILES string of the molecule is CC(C)(C)NCCC(=O)NC1CC2CCC1C2. The average Bonchev–Trinajstić information content (AvgIpc) is 2.76. The monoisotopic (exact) mass is 238 g/mol. The molecule has 2 N–H and O–H groups in total. The second-order valence-electron chi connectivity index (χ2n) is 6.78. The molecule has 3 nitrogen and oxygen atoms in total. The first-order chi connectivity index (χ1) is 7.94. The summed E-state index contributed by atoms with van der Waals surface area (Å²) in [6.45, 7) is 7.15. The van der Waals surface area contributed by atoms with Gasteiger partial charge in [-0.1, -0.05) is 6.42 Å². The van der Waals surface area contributed by atoms with Crippen LogP contribution in [0, 0.1) is 11.8 Å². The van der Waals surface area contributed by atoms with E-state index in [0.29, 0.717) is 12.5 Å². The van der Waals surface area contributed by atoms with Gasteiger partial charge in [0.2, 0.25) is 5.91 Å². The normalized spacial score (nSPS) is 31.8. The van der Waals surface area contributed by atoms with Crippen LogP contribution in [0.1, 0.15) is 52.9 Å². The number of amides is 1. The lowest BCUT2D eigenvalue weighted by Gasteiger charge is -2.24. The Balaban J connectivity index is 1.64. The minimum Gasteiger partial charge on any atom is -0.353 e. The fourth-order valence-electron chi connectivity index (χ4n) is 3.25. The van der Waals surface area contributed by atoms with Crippen molar-refractivity contribution in [3.63, 3.8) is 0 Å². The quantitative estimate of drug-likeness (QED) is 0.787. The summed E-state index contributed by atoms with van der Waals surface area (Å²) in [7, 11) is 0. The van der Waals surface area contributed by atoms with Gasteiger partial charge >= 0.3 is 0 Å². The Bertz CT molecular complexity index is 282. The molecule has 2 rings (SSSR count). The third-order valence-corrected chi connectivity index (χ3v) is 4.09. The molecule has 0 spiro atoms. The molecule has 0 heterocycles. The van der Waals surface area contributed by atoms with Crippen LogP contribution in [0.25, 0.3) is 0 Å². The fraction of sp³-hybridized carbons (Fsp3) is 0.929. The smallest absolute Gasteiger partial charge is 0.221 e. The van der Waals surface area contributed by atoms with Crippen molar-refractivity contribution in [1.29, 1.82) is 0 Å². The number of fused-ring (bicyclic) bond motifs is 2. The lowest BCUT2D eigenvalue weighted by molar-refractivity contribution is -0.122. The Morgan fingerprint density at radius 2 is 2.00 bits per heavy atom. The van der Waals surface area contributed by atoms with Gasteiger partial charge in [0.1, 0.15) is 0 Å². The van der Waals surface area contributed by atoms with Gasteiger partial charge in [-0.25, -0.2) is 0 Å². The van der Waals surface area contributed by atoms with Gasteiger partial charge in [-0.05, 0) is 51.9 Å². The molecule has 0 aliphatic heterocycles. The van der Waals surface area contributed by atoms with E-state index in [1.54, 1.807) is 0 Å². The van der Waals surface area contributed by atoms with Gasteiger partial charge in [0.15, 0.2) is 0 Å². The van der Waals surface area contributed by atoms with Crippen molar-refractivity contribution in [3.8, 4) is 0 Å². The van der Waals surface area contributed by atoms with Gasteiger partial charge in [-0.15, -0.1) is 0 Å². The standard InChI is InChI=1S/C14H26N2O/c1-14(2,3)15-7-6-13(17)16-12-9-10-4-5-11(12)8-10/h10-12,15H,4-9H2,1-3H3,(H,16,17). The summed E-state index contributed by atoms with van der Waals surface area (Å²) in [4.78, 5) is 11.8. The van der Waals surface area contributed by atoms with E-state index in [2.05, 4.69) is 31.4 Å². The van der Waals surface area contributed by atoms with Crippen molar-refractivity contribution in [2.24, 2.45) is 11.8 Å². The van der Waals surface area contributed by atoms with E-state index in [-0.39, 0.29) is 11.4 Å². The van der Waals surface area contributed by atoms with Crippen LogP contribution in [0.5, 0.6) is 0 Å². The molecule has 0 aromatic heterocycles. The Labute approximate surface area is 105 Å². The largest absolute Gasteiger partial charge is 0.353 e. The number of carbonyl (C=O) groups is 1. The van der Waals surface area contributed by atoms with Crippen molar-refractivity contribution in [2.75, 3.05) is 6.54 Å². The summed E-state index contributed by atoms with van der Waals surface area (Å²) < 4.78 is 0. The van der Waals surface area contributed by atoms with Crippen LogP contribution >= 0.6 is 0 Å². The first-order valence-corrected chi connectivity index (χ1v) is 6.98. The van der Waals surface area contributed by atoms with Gasteiger partial charge < -0.3 is 10.6 Å². The summed E-state index contributed by atoms with van der Waals surface area (Å²) in [6.07, 6.45) is 5.90. The number of hydrogen-bond donors (Lipinski definition) is 2. The van der Waals surface area contributed by atoms with Crippen LogP contribution < -0.4 is 10.6 Å². The molecule has 2 bridgehead atoms. The van der Waals surface area contributed by atoms with Crippen molar-refractivity contribution in [3.05, 3.63) is 0 Å². The molecule has 1 amide bonds. The minimum atomic E-state index is 0.104. The summed E-state index contributed by atoms with van der Waals surface area (Å²) in [5.41, 5.74) is 0.104. The second kappa shape index (κ2) is 4.97. The van der Waals surface area contributed by atoms with Crippen LogP contribution in [-0.2, 0) is 4.79 Å². The van der Waals surface area contributed by atoms with Crippen molar-refractivity contribution in [2.45, 2.75) is 64.5 Å². The Morgan fingerprint density at radius 1 is 1.24 bits per heavy atom. The van der Waals surface area contributed by atoms with Crippen LogP contribution in [0.15, 0.2) is 0 Å². The first-order valence-electron chi connectivity index (χ1n) is 6.98. The predicted molar refractivity (Wildman–Crippen MR) is 69.8 cm³/mol. The molecule has 0 radical (unpaired) electrons.